The number of hydrogen-bond donors (Lipinski definition) is 0. The summed E-state index contributed by atoms with van der Waals surface area (Å²) in [5, 5.41) is 5.50. The van der Waals surface area contributed by atoms with Crippen molar-refractivity contribution in [3.05, 3.63) is 46.4 Å². The Morgan fingerprint density at radius 3 is 2.70 bits per heavy atom. The van der Waals surface area contributed by atoms with Crippen molar-refractivity contribution in [2.24, 2.45) is 5.92 Å². The van der Waals surface area contributed by atoms with Gasteiger partial charge in [-0.05, 0) is 31.4 Å². The Labute approximate surface area is 194 Å². The zero-order valence-electron chi connectivity index (χ0n) is 18.6. The summed E-state index contributed by atoms with van der Waals surface area (Å²) in [5.74, 6) is 0.263. The number of esters is 1. The van der Waals surface area contributed by atoms with Crippen molar-refractivity contribution in [2.45, 2.75) is 37.4 Å². The van der Waals surface area contributed by atoms with Gasteiger partial charge in [-0.25, -0.2) is 9.67 Å². The fraction of sp³-hybridized carbons (Fsp3) is 0.435. The first-order valence-electron chi connectivity index (χ1n) is 11.0. The predicted octanol–water partition coefficient (Wildman–Crippen LogP) is 2.34. The number of likely N-dealkylation sites (tertiary alicyclic amines) is 1. The number of rotatable bonds is 4. The molecule has 10 heteroatoms. The molecule has 0 N–H and O–H groups in total. The van der Waals surface area contributed by atoms with Crippen LogP contribution >= 0.6 is 11.8 Å². The number of methoxy groups -OCH3 is 1. The number of carbonyl (C=O) groups is 2. The van der Waals surface area contributed by atoms with Gasteiger partial charge in [0.25, 0.3) is 5.56 Å². The van der Waals surface area contributed by atoms with Crippen LogP contribution in [0.4, 0.5) is 0 Å². The summed E-state index contributed by atoms with van der Waals surface area (Å²) in [5.41, 5.74) is 2.29. The molecule has 0 saturated carbocycles. The van der Waals surface area contributed by atoms with Crippen LogP contribution in [-0.4, -0.2) is 62.1 Å². The summed E-state index contributed by atoms with van der Waals surface area (Å²) in [6.07, 6.45) is 3.01. The Hall–Kier alpha value is -3.14. The van der Waals surface area contributed by atoms with Crippen molar-refractivity contribution in [3.8, 4) is 5.69 Å². The van der Waals surface area contributed by atoms with Crippen LogP contribution < -0.4 is 5.56 Å². The highest BCUT2D eigenvalue weighted by atomic mass is 32.2. The molecule has 2 aromatic heterocycles. The smallest absolute Gasteiger partial charge is 0.308 e. The van der Waals surface area contributed by atoms with Gasteiger partial charge in [-0.3, -0.25) is 19.0 Å². The number of benzene rings is 1. The number of para-hydroxylation sites is 1. The Bertz CT molecular complexity index is 1290. The molecule has 3 aromatic rings. The van der Waals surface area contributed by atoms with Gasteiger partial charge in [-0.15, -0.1) is 0 Å². The Morgan fingerprint density at radius 1 is 1.21 bits per heavy atom. The first kappa shape index (κ1) is 21.7. The lowest BCUT2D eigenvalue weighted by Gasteiger charge is -2.31. The SMILES string of the molecule is COC(=O)C1CCN(C(=O)CC2CSc3nc4c(cnn4-c4ccccc4C)c(=O)n32)CC1. The van der Waals surface area contributed by atoms with E-state index in [1.54, 1.807) is 20.3 Å². The normalized spacial score (nSPS) is 18.5. The van der Waals surface area contributed by atoms with Crippen LogP contribution in [0.5, 0.6) is 0 Å². The van der Waals surface area contributed by atoms with E-state index in [1.807, 2.05) is 31.2 Å². The van der Waals surface area contributed by atoms with E-state index in [-0.39, 0.29) is 35.8 Å². The van der Waals surface area contributed by atoms with E-state index >= 15 is 0 Å². The Kier molecular flexibility index (Phi) is 5.69. The third-order valence-corrected chi connectivity index (χ3v) is 7.60. The third-order valence-electron chi connectivity index (χ3n) is 6.51. The van der Waals surface area contributed by atoms with Gasteiger partial charge in [-0.2, -0.15) is 5.10 Å². The lowest BCUT2D eigenvalue weighted by Crippen LogP contribution is -2.41. The molecule has 172 valence electrons. The molecular weight excluding hydrogens is 442 g/mol. The number of amides is 1. The number of aryl methyl sites for hydroxylation is 1. The van der Waals surface area contributed by atoms with E-state index in [4.69, 9.17) is 9.72 Å². The summed E-state index contributed by atoms with van der Waals surface area (Å²) in [7, 11) is 1.39. The second-order valence-corrected chi connectivity index (χ2v) is 9.48. The van der Waals surface area contributed by atoms with Gasteiger partial charge in [-0.1, -0.05) is 30.0 Å². The Balaban J connectivity index is 1.37. The molecule has 0 bridgehead atoms. The monoisotopic (exact) mass is 467 g/mol. The third kappa shape index (κ3) is 3.82. The molecular formula is C23H25N5O4S. The molecule has 2 aliphatic rings. The molecule has 1 amide bonds. The maximum atomic E-state index is 13.3. The molecule has 33 heavy (non-hydrogen) atoms. The quantitative estimate of drug-likeness (QED) is 0.429. The van der Waals surface area contributed by atoms with Crippen LogP contribution in [0.1, 0.15) is 30.9 Å². The van der Waals surface area contributed by atoms with E-state index < -0.39 is 0 Å². The number of hydrogen-bond acceptors (Lipinski definition) is 7. The van der Waals surface area contributed by atoms with E-state index in [1.165, 1.54) is 18.9 Å². The minimum atomic E-state index is -0.248. The minimum absolute atomic E-state index is 0.000585. The van der Waals surface area contributed by atoms with Crippen LogP contribution in [-0.2, 0) is 14.3 Å². The Morgan fingerprint density at radius 2 is 1.97 bits per heavy atom. The maximum Gasteiger partial charge on any atom is 0.308 e. The van der Waals surface area contributed by atoms with E-state index in [0.717, 1.165) is 11.3 Å². The average Bonchev–Trinajstić information content (AvgIpc) is 3.44. The fourth-order valence-electron chi connectivity index (χ4n) is 4.62. The van der Waals surface area contributed by atoms with Gasteiger partial charge < -0.3 is 9.64 Å². The highest BCUT2D eigenvalue weighted by molar-refractivity contribution is 7.99. The van der Waals surface area contributed by atoms with Gasteiger partial charge in [0.15, 0.2) is 10.8 Å². The zero-order valence-corrected chi connectivity index (χ0v) is 19.4. The molecule has 0 spiro atoms. The highest BCUT2D eigenvalue weighted by Crippen LogP contribution is 2.34. The molecule has 0 aliphatic carbocycles. The molecule has 0 radical (unpaired) electrons. The van der Waals surface area contributed by atoms with Crippen LogP contribution in [0.15, 0.2) is 40.4 Å². The number of ether oxygens (including phenoxy) is 1. The van der Waals surface area contributed by atoms with Crippen molar-refractivity contribution in [2.75, 3.05) is 26.0 Å². The second-order valence-electron chi connectivity index (χ2n) is 8.50. The summed E-state index contributed by atoms with van der Waals surface area (Å²) >= 11 is 1.49. The number of aromatic nitrogens is 4. The molecule has 1 atom stereocenters. The van der Waals surface area contributed by atoms with Gasteiger partial charge in [0.2, 0.25) is 5.91 Å². The summed E-state index contributed by atoms with van der Waals surface area (Å²) in [6.45, 7) is 3.05. The van der Waals surface area contributed by atoms with Gasteiger partial charge in [0, 0.05) is 25.3 Å². The molecule has 5 rings (SSSR count). The maximum absolute atomic E-state index is 13.3. The van der Waals surface area contributed by atoms with Crippen molar-refractivity contribution in [1.29, 1.82) is 0 Å². The molecule has 2 aliphatic heterocycles. The van der Waals surface area contributed by atoms with Crippen LogP contribution in [0, 0.1) is 12.8 Å². The largest absolute Gasteiger partial charge is 0.469 e. The van der Waals surface area contributed by atoms with Crippen molar-refractivity contribution < 1.29 is 14.3 Å². The van der Waals surface area contributed by atoms with Crippen molar-refractivity contribution >= 4 is 34.7 Å². The van der Waals surface area contributed by atoms with Crippen molar-refractivity contribution in [1.82, 2.24) is 24.2 Å². The summed E-state index contributed by atoms with van der Waals surface area (Å²) in [6, 6.07) is 7.59. The predicted molar refractivity (Wildman–Crippen MR) is 124 cm³/mol. The zero-order chi connectivity index (χ0) is 23.1. The summed E-state index contributed by atoms with van der Waals surface area (Å²) in [4.78, 5) is 44.6. The van der Waals surface area contributed by atoms with Crippen LogP contribution in [0.25, 0.3) is 16.7 Å². The van der Waals surface area contributed by atoms with Gasteiger partial charge in [0.05, 0.1) is 31.0 Å². The second kappa shape index (κ2) is 8.66. The first-order chi connectivity index (χ1) is 16.0. The number of piperidine rings is 1. The molecule has 1 fully saturated rings. The molecule has 9 nitrogen and oxygen atoms in total. The first-order valence-corrected chi connectivity index (χ1v) is 12.0. The van der Waals surface area contributed by atoms with Gasteiger partial charge >= 0.3 is 5.97 Å². The molecule has 1 saturated heterocycles. The van der Waals surface area contributed by atoms with Crippen LogP contribution in [0.2, 0.25) is 0 Å². The number of carbonyl (C=O) groups excluding carboxylic acids is 2. The fourth-order valence-corrected chi connectivity index (χ4v) is 5.75. The molecule has 1 unspecified atom stereocenters. The minimum Gasteiger partial charge on any atom is -0.469 e. The standard InChI is InChI=1S/C23H25N5O4S/c1-14-5-3-4-6-18(14)28-20-17(12-24-28)21(30)27-16(13-33-23(27)25-20)11-19(29)26-9-7-15(8-10-26)22(31)32-2/h3-6,12,15-16H,7-11,13H2,1-2H3. The van der Waals surface area contributed by atoms with Gasteiger partial charge in [0.1, 0.15) is 5.39 Å². The van der Waals surface area contributed by atoms with E-state index in [0.29, 0.717) is 47.9 Å². The van der Waals surface area contributed by atoms with Crippen LogP contribution in [0.3, 0.4) is 0 Å². The topological polar surface area (TPSA) is 99.3 Å². The number of thioether (sulfide) groups is 1. The van der Waals surface area contributed by atoms with E-state index in [2.05, 4.69) is 5.10 Å². The number of fused-ring (bicyclic) bond motifs is 2. The highest BCUT2D eigenvalue weighted by Gasteiger charge is 2.33. The summed E-state index contributed by atoms with van der Waals surface area (Å²) < 4.78 is 8.17. The molecule has 4 heterocycles. The molecule has 1 aromatic carbocycles. The lowest BCUT2D eigenvalue weighted by atomic mass is 9.96. The lowest BCUT2D eigenvalue weighted by molar-refractivity contribution is -0.149. The number of nitrogens with zero attached hydrogens (tertiary/aromatic N) is 5. The average molecular weight is 468 g/mol. The van der Waals surface area contributed by atoms with Crippen molar-refractivity contribution in [3.63, 3.8) is 0 Å². The van der Waals surface area contributed by atoms with E-state index in [9.17, 15) is 14.4 Å².